The quantitative estimate of drug-likeness (QED) is 0.508. The van der Waals surface area contributed by atoms with Crippen molar-refractivity contribution in [3.05, 3.63) is 47.5 Å². The summed E-state index contributed by atoms with van der Waals surface area (Å²) in [7, 11) is 0. The largest absolute Gasteiger partial charge is 0.341 e. The van der Waals surface area contributed by atoms with Gasteiger partial charge in [0, 0.05) is 34.0 Å². The number of aromatic nitrogens is 3. The fourth-order valence-electron chi connectivity index (χ4n) is 3.13. The monoisotopic (exact) mass is 382 g/mol. The molecule has 0 radical (unpaired) electrons. The van der Waals surface area contributed by atoms with Crippen LogP contribution in [0.1, 0.15) is 11.9 Å². The Balaban J connectivity index is 1.57. The lowest BCUT2D eigenvalue weighted by molar-refractivity contribution is -0.113. The number of carbonyl (C=O) groups is 1. The third-order valence-corrected chi connectivity index (χ3v) is 6.18. The third-order valence-electron chi connectivity index (χ3n) is 4.21. The van der Waals surface area contributed by atoms with Crippen LogP contribution in [0.4, 0.5) is 5.69 Å². The van der Waals surface area contributed by atoms with Crippen LogP contribution in [0, 0.1) is 6.92 Å². The van der Waals surface area contributed by atoms with Gasteiger partial charge in [-0.3, -0.25) is 4.79 Å². The van der Waals surface area contributed by atoms with Crippen LogP contribution in [-0.4, -0.2) is 26.4 Å². The Hall–Kier alpha value is -2.38. The molecule has 0 saturated heterocycles. The number of nitrogens with zero attached hydrogens (tertiary/aromatic N) is 3. The second kappa shape index (κ2) is 7.09. The minimum Gasteiger partial charge on any atom is -0.341 e. The van der Waals surface area contributed by atoms with E-state index in [1.807, 2.05) is 19.1 Å². The van der Waals surface area contributed by atoms with Crippen molar-refractivity contribution in [2.75, 3.05) is 11.1 Å². The van der Waals surface area contributed by atoms with E-state index < -0.39 is 0 Å². The average molecular weight is 383 g/mol. The maximum atomic E-state index is 12.3. The molecule has 4 aromatic rings. The molecule has 0 fully saturated rings. The lowest BCUT2D eigenvalue weighted by Crippen LogP contribution is -2.13. The van der Waals surface area contributed by atoms with Crippen molar-refractivity contribution >= 4 is 56.5 Å². The minimum absolute atomic E-state index is 0.0403. The molecule has 0 saturated carbocycles. The highest BCUT2D eigenvalue weighted by molar-refractivity contribution is 8.01. The van der Waals surface area contributed by atoms with E-state index in [1.165, 1.54) is 39.5 Å². The Morgan fingerprint density at radius 2 is 1.96 bits per heavy atom. The first-order chi connectivity index (χ1) is 12.7. The molecular formula is C19H18N4OS2. The lowest BCUT2D eigenvalue weighted by Gasteiger charge is -2.06. The van der Waals surface area contributed by atoms with Gasteiger partial charge in [0.15, 0.2) is 4.34 Å². The summed E-state index contributed by atoms with van der Waals surface area (Å²) in [6.45, 7) is 4.96. The van der Waals surface area contributed by atoms with E-state index in [2.05, 4.69) is 57.3 Å². The zero-order valence-corrected chi connectivity index (χ0v) is 16.2. The maximum absolute atomic E-state index is 12.3. The second-order valence-electron chi connectivity index (χ2n) is 5.92. The summed E-state index contributed by atoms with van der Waals surface area (Å²) in [4.78, 5) is 12.3. The smallest absolute Gasteiger partial charge is 0.234 e. The summed E-state index contributed by atoms with van der Waals surface area (Å²) in [5.41, 5.74) is 3.22. The van der Waals surface area contributed by atoms with E-state index in [0.29, 0.717) is 5.75 Å². The van der Waals surface area contributed by atoms with E-state index >= 15 is 0 Å². The number of fused-ring (bicyclic) bond motifs is 3. The lowest BCUT2D eigenvalue weighted by atomic mass is 10.1. The molecule has 0 aliphatic heterocycles. The third kappa shape index (κ3) is 3.20. The predicted octanol–water partition coefficient (Wildman–Crippen LogP) is 4.71. The molecule has 26 heavy (non-hydrogen) atoms. The second-order valence-corrected chi connectivity index (χ2v) is 8.32. The highest BCUT2D eigenvalue weighted by atomic mass is 32.2. The average Bonchev–Trinajstić information content (AvgIpc) is 3.20. The molecular weight excluding hydrogens is 364 g/mol. The Kier molecular flexibility index (Phi) is 4.65. The molecule has 0 aliphatic carbocycles. The molecule has 0 bridgehead atoms. The Bertz CT molecular complexity index is 1100. The van der Waals surface area contributed by atoms with Gasteiger partial charge >= 0.3 is 0 Å². The molecule has 1 amide bonds. The molecule has 1 N–H and O–H groups in total. The first-order valence-corrected chi connectivity index (χ1v) is 10.2. The number of hydrogen-bond acceptors (Lipinski definition) is 5. The number of amides is 1. The Morgan fingerprint density at radius 1 is 1.15 bits per heavy atom. The van der Waals surface area contributed by atoms with Crippen molar-refractivity contribution in [1.29, 1.82) is 0 Å². The summed E-state index contributed by atoms with van der Waals surface area (Å²) in [5, 5.41) is 14.3. The number of thioether (sulfide) groups is 1. The highest BCUT2D eigenvalue weighted by Gasteiger charge is 2.11. The summed E-state index contributed by atoms with van der Waals surface area (Å²) in [6.07, 6.45) is 0. The first-order valence-electron chi connectivity index (χ1n) is 8.39. The van der Waals surface area contributed by atoms with Gasteiger partial charge in [-0.15, -0.1) is 10.2 Å². The number of hydrogen-bond donors (Lipinski definition) is 1. The van der Waals surface area contributed by atoms with Crippen LogP contribution in [0.5, 0.6) is 0 Å². The van der Waals surface area contributed by atoms with Gasteiger partial charge < -0.3 is 9.88 Å². The molecule has 4 rings (SSSR count). The molecule has 7 heteroatoms. The zero-order valence-electron chi connectivity index (χ0n) is 14.5. The topological polar surface area (TPSA) is 59.8 Å². The van der Waals surface area contributed by atoms with Crippen LogP contribution in [0.3, 0.4) is 0 Å². The van der Waals surface area contributed by atoms with Gasteiger partial charge in [0.1, 0.15) is 5.01 Å². The first kappa shape index (κ1) is 17.1. The number of aryl methyl sites for hydroxylation is 2. The van der Waals surface area contributed by atoms with Crippen LogP contribution in [0.2, 0.25) is 0 Å². The molecule has 0 spiro atoms. The SMILES string of the molecule is CCn1c2ccccc2c2cc(NC(=O)CSc3nnc(C)s3)ccc21. The maximum Gasteiger partial charge on any atom is 0.234 e. The number of rotatable bonds is 5. The Morgan fingerprint density at radius 3 is 2.73 bits per heavy atom. The molecule has 5 nitrogen and oxygen atoms in total. The van der Waals surface area contributed by atoms with Crippen molar-refractivity contribution in [2.24, 2.45) is 0 Å². The van der Waals surface area contributed by atoms with E-state index in [1.54, 1.807) is 0 Å². The summed E-state index contributed by atoms with van der Waals surface area (Å²) >= 11 is 2.91. The van der Waals surface area contributed by atoms with Crippen LogP contribution >= 0.6 is 23.1 Å². The fraction of sp³-hybridized carbons (Fsp3) is 0.211. The molecule has 2 heterocycles. The van der Waals surface area contributed by atoms with Gasteiger partial charge in [0.2, 0.25) is 5.91 Å². The van der Waals surface area contributed by atoms with Crippen molar-refractivity contribution in [3.63, 3.8) is 0 Å². The summed E-state index contributed by atoms with van der Waals surface area (Å²) in [6, 6.07) is 14.5. The van der Waals surface area contributed by atoms with Crippen molar-refractivity contribution in [3.8, 4) is 0 Å². The normalized spacial score (nSPS) is 11.3. The van der Waals surface area contributed by atoms with Crippen LogP contribution in [0.15, 0.2) is 46.8 Å². The Labute approximate surface area is 159 Å². The number of nitrogens with one attached hydrogen (secondary N) is 1. The van der Waals surface area contributed by atoms with E-state index in [-0.39, 0.29) is 5.91 Å². The minimum atomic E-state index is -0.0403. The number of carbonyl (C=O) groups excluding carboxylic acids is 1. The molecule has 0 aliphatic rings. The number of anilines is 1. The van der Waals surface area contributed by atoms with Crippen LogP contribution in [-0.2, 0) is 11.3 Å². The van der Waals surface area contributed by atoms with Gasteiger partial charge in [-0.05, 0) is 38.1 Å². The number of para-hydroxylation sites is 1. The van der Waals surface area contributed by atoms with E-state index in [9.17, 15) is 4.79 Å². The molecule has 0 unspecified atom stereocenters. The van der Waals surface area contributed by atoms with Crippen LogP contribution in [0.25, 0.3) is 21.8 Å². The standard InChI is InChI=1S/C19H18N4OS2/c1-3-23-16-7-5-4-6-14(16)15-10-13(8-9-17(15)23)20-18(24)11-25-19-22-21-12(2)26-19/h4-10H,3,11H2,1-2H3,(H,20,24). The number of benzene rings is 2. The van der Waals surface area contributed by atoms with Gasteiger partial charge in [0.25, 0.3) is 0 Å². The molecule has 0 atom stereocenters. The van der Waals surface area contributed by atoms with Crippen LogP contribution < -0.4 is 5.32 Å². The molecule has 132 valence electrons. The fourth-order valence-corrected chi connectivity index (χ4v) is 4.75. The summed E-state index contributed by atoms with van der Waals surface area (Å²) in [5.74, 6) is 0.282. The van der Waals surface area contributed by atoms with Gasteiger partial charge in [0.05, 0.1) is 5.75 Å². The van der Waals surface area contributed by atoms with Crippen molar-refractivity contribution in [1.82, 2.24) is 14.8 Å². The zero-order chi connectivity index (χ0) is 18.1. The molecule has 2 aromatic heterocycles. The van der Waals surface area contributed by atoms with Gasteiger partial charge in [-0.25, -0.2) is 0 Å². The van der Waals surface area contributed by atoms with Crippen molar-refractivity contribution in [2.45, 2.75) is 24.7 Å². The van der Waals surface area contributed by atoms with E-state index in [0.717, 1.165) is 27.0 Å². The van der Waals surface area contributed by atoms with Gasteiger partial charge in [-0.2, -0.15) is 0 Å². The van der Waals surface area contributed by atoms with Crippen molar-refractivity contribution < 1.29 is 4.79 Å². The van der Waals surface area contributed by atoms with E-state index in [4.69, 9.17) is 0 Å². The highest BCUT2D eigenvalue weighted by Crippen LogP contribution is 2.31. The summed E-state index contributed by atoms with van der Waals surface area (Å²) < 4.78 is 3.11. The molecule has 2 aromatic carbocycles. The predicted molar refractivity (Wildman–Crippen MR) is 109 cm³/mol. The van der Waals surface area contributed by atoms with Gasteiger partial charge in [-0.1, -0.05) is 41.3 Å².